The summed E-state index contributed by atoms with van der Waals surface area (Å²) in [4.78, 5) is 38.1. The first-order valence-electron chi connectivity index (χ1n) is 8.63. The van der Waals surface area contributed by atoms with E-state index in [1.807, 2.05) is 6.07 Å². The van der Waals surface area contributed by atoms with Gasteiger partial charge in [-0.2, -0.15) is 5.26 Å². The smallest absolute Gasteiger partial charge is 0.314 e. The Morgan fingerprint density at radius 1 is 1.14 bits per heavy atom. The molecule has 3 rings (SSSR count). The molecule has 0 unspecified atom stereocenters. The Hall–Kier alpha value is -3.86. The van der Waals surface area contributed by atoms with E-state index in [1.54, 1.807) is 35.2 Å². The Balaban J connectivity index is 1.76. The second-order valence-electron chi connectivity index (χ2n) is 6.10. The van der Waals surface area contributed by atoms with E-state index in [4.69, 9.17) is 10.00 Å². The molecule has 8 heteroatoms. The van der Waals surface area contributed by atoms with Crippen molar-refractivity contribution in [2.75, 3.05) is 29.2 Å². The first-order chi connectivity index (χ1) is 13.5. The molecule has 0 spiro atoms. The number of methoxy groups -OCH3 is 1. The third kappa shape index (κ3) is 3.94. The minimum absolute atomic E-state index is 0.0207. The van der Waals surface area contributed by atoms with Crippen LogP contribution in [0.1, 0.15) is 18.4 Å². The zero-order valence-electron chi connectivity index (χ0n) is 15.2. The van der Waals surface area contributed by atoms with Gasteiger partial charge in [0.15, 0.2) is 0 Å². The van der Waals surface area contributed by atoms with E-state index in [2.05, 4.69) is 10.6 Å². The van der Waals surface area contributed by atoms with Gasteiger partial charge in [-0.1, -0.05) is 12.1 Å². The SMILES string of the molecule is COc1ccc(NC(=O)C(=O)Nc2ccccc2C#N)cc1N1CCCC1=O. The lowest BCUT2D eigenvalue weighted by Gasteiger charge is -2.20. The van der Waals surface area contributed by atoms with Gasteiger partial charge in [-0.05, 0) is 36.8 Å². The van der Waals surface area contributed by atoms with Crippen LogP contribution in [-0.4, -0.2) is 31.4 Å². The van der Waals surface area contributed by atoms with E-state index in [9.17, 15) is 14.4 Å². The van der Waals surface area contributed by atoms with Gasteiger partial charge >= 0.3 is 11.8 Å². The number of para-hydroxylation sites is 1. The van der Waals surface area contributed by atoms with Crippen molar-refractivity contribution in [1.82, 2.24) is 0 Å². The van der Waals surface area contributed by atoms with Crippen molar-refractivity contribution in [3.63, 3.8) is 0 Å². The Kier molecular flexibility index (Phi) is 5.56. The molecule has 1 fully saturated rings. The van der Waals surface area contributed by atoms with E-state index >= 15 is 0 Å². The van der Waals surface area contributed by atoms with Crippen LogP contribution in [0.2, 0.25) is 0 Å². The number of benzene rings is 2. The topological polar surface area (TPSA) is 112 Å². The molecule has 28 heavy (non-hydrogen) atoms. The van der Waals surface area contributed by atoms with Crippen LogP contribution in [0.3, 0.4) is 0 Å². The van der Waals surface area contributed by atoms with Crippen molar-refractivity contribution in [2.24, 2.45) is 0 Å². The molecule has 0 radical (unpaired) electrons. The minimum Gasteiger partial charge on any atom is -0.495 e. The van der Waals surface area contributed by atoms with Crippen molar-refractivity contribution in [1.29, 1.82) is 5.26 Å². The number of nitrogens with one attached hydrogen (secondary N) is 2. The summed E-state index contributed by atoms with van der Waals surface area (Å²) in [6, 6.07) is 13.1. The van der Waals surface area contributed by atoms with Gasteiger partial charge in [0, 0.05) is 18.7 Å². The molecule has 2 N–H and O–H groups in total. The number of carbonyl (C=O) groups excluding carboxylic acids is 3. The minimum atomic E-state index is -0.905. The van der Waals surface area contributed by atoms with E-state index in [-0.39, 0.29) is 17.2 Å². The fourth-order valence-electron chi connectivity index (χ4n) is 2.94. The summed E-state index contributed by atoms with van der Waals surface area (Å²) in [6.07, 6.45) is 1.21. The first-order valence-corrected chi connectivity index (χ1v) is 8.63. The fourth-order valence-corrected chi connectivity index (χ4v) is 2.94. The maximum absolute atomic E-state index is 12.2. The van der Waals surface area contributed by atoms with E-state index in [0.717, 1.165) is 6.42 Å². The number of ether oxygens (including phenoxy) is 1. The van der Waals surface area contributed by atoms with Gasteiger partial charge in [0.1, 0.15) is 11.8 Å². The molecule has 3 amide bonds. The average Bonchev–Trinajstić information content (AvgIpc) is 3.14. The molecule has 1 saturated heterocycles. The maximum Gasteiger partial charge on any atom is 0.314 e. The average molecular weight is 378 g/mol. The summed E-state index contributed by atoms with van der Waals surface area (Å²) in [5.41, 5.74) is 1.40. The Morgan fingerprint density at radius 2 is 1.89 bits per heavy atom. The zero-order chi connectivity index (χ0) is 20.1. The summed E-state index contributed by atoms with van der Waals surface area (Å²) in [5.74, 6) is -1.32. The Labute approximate surface area is 161 Å². The van der Waals surface area contributed by atoms with Crippen LogP contribution in [0.5, 0.6) is 5.75 Å². The van der Waals surface area contributed by atoms with Crippen LogP contribution in [-0.2, 0) is 14.4 Å². The number of nitriles is 1. The molecule has 0 aliphatic carbocycles. The van der Waals surface area contributed by atoms with Gasteiger partial charge in [-0.3, -0.25) is 14.4 Å². The molecular weight excluding hydrogens is 360 g/mol. The van der Waals surface area contributed by atoms with Crippen molar-refractivity contribution >= 4 is 34.8 Å². The summed E-state index contributed by atoms with van der Waals surface area (Å²) >= 11 is 0. The zero-order valence-corrected chi connectivity index (χ0v) is 15.2. The highest BCUT2D eigenvalue weighted by Gasteiger charge is 2.25. The lowest BCUT2D eigenvalue weighted by Crippen LogP contribution is -2.29. The highest BCUT2D eigenvalue weighted by atomic mass is 16.5. The lowest BCUT2D eigenvalue weighted by atomic mass is 10.2. The van der Waals surface area contributed by atoms with Crippen LogP contribution in [0, 0.1) is 11.3 Å². The largest absolute Gasteiger partial charge is 0.495 e. The van der Waals surface area contributed by atoms with Crippen molar-refractivity contribution in [3.8, 4) is 11.8 Å². The first kappa shape index (κ1) is 18.9. The summed E-state index contributed by atoms with van der Waals surface area (Å²) in [7, 11) is 1.50. The Bertz CT molecular complexity index is 980. The van der Waals surface area contributed by atoms with Crippen LogP contribution >= 0.6 is 0 Å². The maximum atomic E-state index is 12.2. The van der Waals surface area contributed by atoms with E-state index < -0.39 is 11.8 Å². The van der Waals surface area contributed by atoms with Crippen molar-refractivity contribution in [3.05, 3.63) is 48.0 Å². The number of anilines is 3. The highest BCUT2D eigenvalue weighted by molar-refractivity contribution is 6.43. The molecule has 0 bridgehead atoms. The number of amides is 3. The summed E-state index contributed by atoms with van der Waals surface area (Å²) < 4.78 is 5.30. The molecule has 142 valence electrons. The van der Waals surface area contributed by atoms with Crippen molar-refractivity contribution < 1.29 is 19.1 Å². The fraction of sp³-hybridized carbons (Fsp3) is 0.200. The van der Waals surface area contributed by atoms with Gasteiger partial charge in [0.25, 0.3) is 0 Å². The lowest BCUT2D eigenvalue weighted by molar-refractivity contribution is -0.133. The van der Waals surface area contributed by atoms with Gasteiger partial charge < -0.3 is 20.3 Å². The van der Waals surface area contributed by atoms with Crippen LogP contribution < -0.4 is 20.3 Å². The van der Waals surface area contributed by atoms with Crippen molar-refractivity contribution in [2.45, 2.75) is 12.8 Å². The molecular formula is C20H18N4O4. The van der Waals surface area contributed by atoms with Crippen LogP contribution in [0.25, 0.3) is 0 Å². The molecule has 1 aliphatic heterocycles. The molecule has 2 aromatic rings. The van der Waals surface area contributed by atoms with E-state index in [0.29, 0.717) is 30.1 Å². The third-order valence-corrected chi connectivity index (χ3v) is 4.30. The van der Waals surface area contributed by atoms with Gasteiger partial charge in [0.2, 0.25) is 5.91 Å². The highest BCUT2D eigenvalue weighted by Crippen LogP contribution is 2.34. The summed E-state index contributed by atoms with van der Waals surface area (Å²) in [6.45, 7) is 0.567. The van der Waals surface area contributed by atoms with E-state index in [1.165, 1.54) is 19.2 Å². The molecule has 0 aromatic heterocycles. The van der Waals surface area contributed by atoms with Crippen LogP contribution in [0.4, 0.5) is 17.1 Å². The third-order valence-electron chi connectivity index (χ3n) is 4.30. The standard InChI is InChI=1S/C20H18N4O4/c1-28-17-9-8-14(11-16(17)24-10-4-7-18(24)25)22-19(26)20(27)23-15-6-3-2-5-13(15)12-21/h2-3,5-6,8-9,11H,4,7,10H2,1H3,(H,22,26)(H,23,27). The normalized spacial score (nSPS) is 13.0. The summed E-state index contributed by atoms with van der Waals surface area (Å²) in [5, 5.41) is 14.0. The molecule has 1 aliphatic rings. The predicted octanol–water partition coefficient (Wildman–Crippen LogP) is 2.27. The molecule has 2 aromatic carbocycles. The predicted molar refractivity (Wildman–Crippen MR) is 103 cm³/mol. The Morgan fingerprint density at radius 3 is 2.57 bits per heavy atom. The number of carbonyl (C=O) groups is 3. The van der Waals surface area contributed by atoms with Gasteiger partial charge in [-0.15, -0.1) is 0 Å². The molecule has 1 heterocycles. The number of hydrogen-bond acceptors (Lipinski definition) is 5. The van der Waals surface area contributed by atoms with Gasteiger partial charge in [-0.25, -0.2) is 0 Å². The monoisotopic (exact) mass is 378 g/mol. The van der Waals surface area contributed by atoms with Crippen LogP contribution in [0.15, 0.2) is 42.5 Å². The second kappa shape index (κ2) is 8.22. The molecule has 0 atom stereocenters. The number of rotatable bonds is 4. The molecule has 0 saturated carbocycles. The number of nitrogens with zero attached hydrogens (tertiary/aromatic N) is 2. The molecule has 8 nitrogen and oxygen atoms in total. The number of hydrogen-bond donors (Lipinski definition) is 2. The van der Waals surface area contributed by atoms with Gasteiger partial charge in [0.05, 0.1) is 24.0 Å². The second-order valence-corrected chi connectivity index (χ2v) is 6.10. The quantitative estimate of drug-likeness (QED) is 0.793.